The highest BCUT2D eigenvalue weighted by Gasteiger charge is 2.35. The Balaban J connectivity index is 2.15. The lowest BCUT2D eigenvalue weighted by Crippen LogP contribution is -2.45. The molecule has 7 nitrogen and oxygen atoms in total. The van der Waals surface area contributed by atoms with Gasteiger partial charge in [-0.25, -0.2) is 9.59 Å². The first-order valence-electron chi connectivity index (χ1n) is 6.90. The molecule has 2 N–H and O–H groups in total. The van der Waals surface area contributed by atoms with Crippen LogP contribution in [0.15, 0.2) is 23.4 Å². The predicted octanol–water partition coefficient (Wildman–Crippen LogP) is 2.01. The molecule has 2 aliphatic rings. The third-order valence-corrected chi connectivity index (χ3v) is 3.91. The average molecular weight is 339 g/mol. The van der Waals surface area contributed by atoms with Crippen molar-refractivity contribution in [3.05, 3.63) is 39.6 Å². The van der Waals surface area contributed by atoms with Gasteiger partial charge in [0.1, 0.15) is 5.75 Å². The van der Waals surface area contributed by atoms with Crippen molar-refractivity contribution in [3.63, 3.8) is 0 Å². The molecule has 23 heavy (non-hydrogen) atoms. The number of rotatable bonds is 2. The second kappa shape index (κ2) is 6.10. The molecule has 1 aromatic carbocycles. The molecule has 0 radical (unpaired) electrons. The second-order valence-corrected chi connectivity index (χ2v) is 5.59. The van der Waals surface area contributed by atoms with E-state index in [1.54, 1.807) is 19.1 Å². The minimum atomic E-state index is -0.721. The Labute approximate surface area is 137 Å². The number of benzene rings is 1. The Bertz CT molecular complexity index is 716. The number of carbonyl (C=O) groups excluding carboxylic acids is 2. The van der Waals surface area contributed by atoms with Gasteiger partial charge >= 0.3 is 12.0 Å². The first kappa shape index (κ1) is 15.6. The molecule has 0 saturated heterocycles. The minimum Gasteiger partial charge on any atom is -0.467 e. The van der Waals surface area contributed by atoms with Gasteiger partial charge in [-0.15, -0.1) is 0 Å². The van der Waals surface area contributed by atoms with E-state index in [0.29, 0.717) is 34.2 Å². The molecular weight excluding hydrogens is 324 g/mol. The topological polar surface area (TPSA) is 85.9 Å². The summed E-state index contributed by atoms with van der Waals surface area (Å²) in [7, 11) is 1.29. The van der Waals surface area contributed by atoms with Crippen LogP contribution < -0.4 is 15.4 Å². The van der Waals surface area contributed by atoms with Crippen LogP contribution in [0.3, 0.4) is 0 Å². The van der Waals surface area contributed by atoms with Crippen LogP contribution >= 0.6 is 11.6 Å². The molecule has 122 valence electrons. The van der Waals surface area contributed by atoms with Crippen molar-refractivity contribution >= 4 is 23.6 Å². The van der Waals surface area contributed by atoms with Crippen LogP contribution in [0.25, 0.3) is 0 Å². The van der Waals surface area contributed by atoms with E-state index < -0.39 is 18.0 Å². The van der Waals surface area contributed by atoms with Crippen molar-refractivity contribution < 1.29 is 23.8 Å². The quantitative estimate of drug-likeness (QED) is 0.806. The summed E-state index contributed by atoms with van der Waals surface area (Å²) < 4.78 is 15.6. The molecule has 1 aromatic rings. The van der Waals surface area contributed by atoms with Gasteiger partial charge in [-0.3, -0.25) is 0 Å². The summed E-state index contributed by atoms with van der Waals surface area (Å²) in [5, 5.41) is 5.75. The van der Waals surface area contributed by atoms with E-state index in [0.717, 1.165) is 5.56 Å². The molecule has 0 fully saturated rings. The van der Waals surface area contributed by atoms with Crippen LogP contribution in [-0.4, -0.2) is 25.9 Å². The van der Waals surface area contributed by atoms with Crippen molar-refractivity contribution in [1.29, 1.82) is 0 Å². The molecule has 0 aromatic heterocycles. The van der Waals surface area contributed by atoms with E-state index in [9.17, 15) is 9.59 Å². The van der Waals surface area contributed by atoms with Gasteiger partial charge in [0.15, 0.2) is 6.79 Å². The van der Waals surface area contributed by atoms with Crippen LogP contribution in [0.4, 0.5) is 4.79 Å². The van der Waals surface area contributed by atoms with Gasteiger partial charge in [0.05, 0.1) is 25.3 Å². The monoisotopic (exact) mass is 338 g/mol. The van der Waals surface area contributed by atoms with Crippen LogP contribution in [0.1, 0.15) is 24.1 Å². The van der Waals surface area contributed by atoms with Crippen LogP contribution in [-0.2, 0) is 20.9 Å². The number of fused-ring (bicyclic) bond motifs is 1. The number of urea groups is 1. The molecule has 0 bridgehead atoms. The molecular formula is C15H15ClN2O5. The smallest absolute Gasteiger partial charge is 0.337 e. The largest absolute Gasteiger partial charge is 0.467 e. The summed E-state index contributed by atoms with van der Waals surface area (Å²) in [6, 6.07) is 2.26. The fourth-order valence-electron chi connectivity index (χ4n) is 2.73. The SMILES string of the molecule is COC(=O)C1=C(C)NC(=O)N[C@@H]1c1cc(Cl)cc2c1OCOC2. The molecule has 0 saturated carbocycles. The fourth-order valence-corrected chi connectivity index (χ4v) is 2.98. The van der Waals surface area contributed by atoms with E-state index in [-0.39, 0.29) is 6.79 Å². The number of methoxy groups -OCH3 is 1. The summed E-state index contributed by atoms with van der Waals surface area (Å²) in [5.41, 5.74) is 2.07. The maximum atomic E-state index is 12.2. The highest BCUT2D eigenvalue weighted by atomic mass is 35.5. The van der Waals surface area contributed by atoms with E-state index in [2.05, 4.69) is 10.6 Å². The predicted molar refractivity (Wildman–Crippen MR) is 80.9 cm³/mol. The van der Waals surface area contributed by atoms with Crippen molar-refractivity contribution in [2.75, 3.05) is 13.9 Å². The lowest BCUT2D eigenvalue weighted by molar-refractivity contribution is -0.136. The van der Waals surface area contributed by atoms with E-state index in [1.165, 1.54) is 7.11 Å². The Morgan fingerprint density at radius 2 is 2.22 bits per heavy atom. The van der Waals surface area contributed by atoms with E-state index >= 15 is 0 Å². The zero-order valence-electron chi connectivity index (χ0n) is 12.6. The standard InChI is InChI=1S/C15H15ClN2O5/c1-7-11(14(19)21-2)12(18-15(20)17-7)10-4-9(16)3-8-5-22-6-23-13(8)10/h3-4,12H,5-6H2,1-2H3,(H2,17,18,20)/t12-/m1/s1. The number of allylic oxidation sites excluding steroid dienone is 1. The Morgan fingerprint density at radius 3 is 2.96 bits per heavy atom. The Morgan fingerprint density at radius 1 is 1.43 bits per heavy atom. The van der Waals surface area contributed by atoms with Crippen molar-refractivity contribution in [2.45, 2.75) is 19.6 Å². The fraction of sp³-hybridized carbons (Fsp3) is 0.333. The van der Waals surface area contributed by atoms with Gasteiger partial charge in [-0.2, -0.15) is 0 Å². The second-order valence-electron chi connectivity index (χ2n) is 5.16. The first-order valence-corrected chi connectivity index (χ1v) is 7.28. The Kier molecular flexibility index (Phi) is 4.14. The molecule has 0 aliphatic carbocycles. The van der Waals surface area contributed by atoms with Gasteiger partial charge in [0.25, 0.3) is 0 Å². The number of hydrogen-bond acceptors (Lipinski definition) is 5. The number of nitrogens with one attached hydrogen (secondary N) is 2. The molecule has 0 spiro atoms. The van der Waals surface area contributed by atoms with E-state index in [1.807, 2.05) is 0 Å². The first-order chi connectivity index (χ1) is 11.0. The summed E-state index contributed by atoms with van der Waals surface area (Å²) in [4.78, 5) is 24.0. The third kappa shape index (κ3) is 2.85. The summed E-state index contributed by atoms with van der Waals surface area (Å²) >= 11 is 6.16. The number of carbonyl (C=O) groups is 2. The zero-order chi connectivity index (χ0) is 16.6. The van der Waals surface area contributed by atoms with Gasteiger partial charge in [-0.05, 0) is 19.1 Å². The highest BCUT2D eigenvalue weighted by Crippen LogP contribution is 2.39. The summed E-state index contributed by atoms with van der Waals surface area (Å²) in [6.07, 6.45) is 0. The molecule has 0 unspecified atom stereocenters. The number of halogens is 1. The summed E-state index contributed by atoms with van der Waals surface area (Å²) in [5.74, 6) is 0.0165. The van der Waals surface area contributed by atoms with Crippen molar-refractivity contribution in [2.24, 2.45) is 0 Å². The maximum absolute atomic E-state index is 12.2. The zero-order valence-corrected chi connectivity index (χ0v) is 13.3. The maximum Gasteiger partial charge on any atom is 0.337 e. The van der Waals surface area contributed by atoms with Gasteiger partial charge in [0.2, 0.25) is 0 Å². The minimum absolute atomic E-state index is 0.0941. The average Bonchev–Trinajstić information content (AvgIpc) is 2.52. The number of esters is 1. The van der Waals surface area contributed by atoms with E-state index in [4.69, 9.17) is 25.8 Å². The third-order valence-electron chi connectivity index (χ3n) is 3.69. The van der Waals surface area contributed by atoms with Crippen molar-refractivity contribution in [3.8, 4) is 5.75 Å². The number of hydrogen-bond donors (Lipinski definition) is 2. The van der Waals surface area contributed by atoms with Gasteiger partial charge < -0.3 is 24.8 Å². The van der Waals surface area contributed by atoms with Gasteiger partial charge in [0, 0.05) is 21.8 Å². The lowest BCUT2D eigenvalue weighted by Gasteiger charge is -2.30. The van der Waals surface area contributed by atoms with Crippen LogP contribution in [0, 0.1) is 0 Å². The van der Waals surface area contributed by atoms with Gasteiger partial charge in [-0.1, -0.05) is 11.6 Å². The molecule has 8 heteroatoms. The number of ether oxygens (including phenoxy) is 3. The van der Waals surface area contributed by atoms with Crippen LogP contribution in [0.2, 0.25) is 5.02 Å². The lowest BCUT2D eigenvalue weighted by atomic mass is 9.93. The molecule has 2 aliphatic heterocycles. The normalized spacial score (nSPS) is 20.1. The molecule has 2 heterocycles. The molecule has 3 rings (SSSR count). The number of amides is 2. The summed E-state index contributed by atoms with van der Waals surface area (Å²) in [6.45, 7) is 2.08. The molecule has 2 amide bonds. The Hall–Kier alpha value is -2.25. The highest BCUT2D eigenvalue weighted by molar-refractivity contribution is 6.30. The molecule has 1 atom stereocenters. The van der Waals surface area contributed by atoms with Crippen molar-refractivity contribution in [1.82, 2.24) is 10.6 Å². The van der Waals surface area contributed by atoms with Crippen LogP contribution in [0.5, 0.6) is 5.75 Å².